The lowest BCUT2D eigenvalue weighted by Crippen LogP contribution is -2.56. The molecule has 0 saturated heterocycles. The van der Waals surface area contributed by atoms with E-state index in [1.54, 1.807) is 0 Å². The third-order valence-electron chi connectivity index (χ3n) is 5.63. The zero-order chi connectivity index (χ0) is 18.9. The van der Waals surface area contributed by atoms with Crippen molar-refractivity contribution in [1.29, 1.82) is 0 Å². The molecule has 1 aliphatic rings. The molecule has 5 heteroatoms. The first kappa shape index (κ1) is 18.7. The third-order valence-corrected chi connectivity index (χ3v) is 6.11. The monoisotopic (exact) mass is 399 g/mol. The molecule has 0 aliphatic heterocycles. The van der Waals surface area contributed by atoms with Crippen LogP contribution in [0.15, 0.2) is 54.7 Å². The van der Waals surface area contributed by atoms with E-state index >= 15 is 0 Å². The Hall–Kier alpha value is -1.65. The quantitative estimate of drug-likeness (QED) is 0.614. The second-order valence-electron chi connectivity index (χ2n) is 7.37. The molecule has 3 aromatic rings. The van der Waals surface area contributed by atoms with Crippen LogP contribution in [0.25, 0.3) is 10.9 Å². The molecule has 1 fully saturated rings. The predicted molar refractivity (Wildman–Crippen MR) is 113 cm³/mol. The van der Waals surface area contributed by atoms with E-state index in [9.17, 15) is 0 Å². The summed E-state index contributed by atoms with van der Waals surface area (Å²) in [6.07, 6.45) is 6.17. The number of nitrogens with zero attached hydrogens (tertiary/aromatic N) is 1. The van der Waals surface area contributed by atoms with Crippen molar-refractivity contribution >= 4 is 34.1 Å². The van der Waals surface area contributed by atoms with Crippen molar-refractivity contribution in [1.82, 2.24) is 10.3 Å². The maximum atomic E-state index is 7.07. The highest BCUT2D eigenvalue weighted by molar-refractivity contribution is 6.31. The van der Waals surface area contributed by atoms with Crippen LogP contribution in [-0.4, -0.2) is 11.0 Å². The van der Waals surface area contributed by atoms with Crippen molar-refractivity contribution in [3.63, 3.8) is 0 Å². The Morgan fingerprint density at radius 2 is 1.81 bits per heavy atom. The van der Waals surface area contributed by atoms with Gasteiger partial charge in [0.05, 0.1) is 11.1 Å². The van der Waals surface area contributed by atoms with Crippen molar-refractivity contribution in [3.05, 3.63) is 75.9 Å². The molecule has 3 nitrogen and oxygen atoms in total. The molecule has 27 heavy (non-hydrogen) atoms. The Bertz CT molecular complexity index is 942. The number of nitrogens with one attached hydrogen (secondary N) is 1. The molecule has 0 spiro atoms. The van der Waals surface area contributed by atoms with Crippen LogP contribution in [-0.2, 0) is 12.1 Å². The van der Waals surface area contributed by atoms with E-state index in [2.05, 4.69) is 28.5 Å². The standard InChI is InChI=1S/C22H23Cl2N3/c23-16-6-4-15(5-7-16)14-27-21-3-1-2-11-22(21,25)19-10-12-26-20-13-17(24)8-9-18(19)20/h4-10,12-13,21,27H,1-3,11,14,25H2. The second kappa shape index (κ2) is 7.76. The molecule has 1 aliphatic carbocycles. The molecule has 0 bridgehead atoms. The number of hydrogen-bond acceptors (Lipinski definition) is 3. The van der Waals surface area contributed by atoms with Crippen LogP contribution in [0.1, 0.15) is 36.8 Å². The lowest BCUT2D eigenvalue weighted by molar-refractivity contribution is 0.217. The molecule has 2 atom stereocenters. The zero-order valence-corrected chi connectivity index (χ0v) is 16.6. The SMILES string of the molecule is NC1(c2ccnc3cc(Cl)ccc23)CCCCC1NCc1ccc(Cl)cc1. The second-order valence-corrected chi connectivity index (χ2v) is 8.24. The number of aromatic nitrogens is 1. The zero-order valence-electron chi connectivity index (χ0n) is 15.1. The van der Waals surface area contributed by atoms with Gasteiger partial charge in [0, 0.05) is 34.2 Å². The fourth-order valence-electron chi connectivity index (χ4n) is 4.17. The summed E-state index contributed by atoms with van der Waals surface area (Å²) in [5, 5.41) is 6.25. The van der Waals surface area contributed by atoms with Crippen molar-refractivity contribution in [2.75, 3.05) is 0 Å². The van der Waals surface area contributed by atoms with Crippen LogP contribution in [0, 0.1) is 0 Å². The topological polar surface area (TPSA) is 50.9 Å². The van der Waals surface area contributed by atoms with Gasteiger partial charge >= 0.3 is 0 Å². The number of halogens is 2. The molecule has 0 amide bonds. The summed E-state index contributed by atoms with van der Waals surface area (Å²) >= 11 is 12.2. The summed E-state index contributed by atoms with van der Waals surface area (Å²) in [6, 6.07) is 16.1. The molecule has 1 heterocycles. The maximum absolute atomic E-state index is 7.07. The Balaban J connectivity index is 1.65. The fraction of sp³-hybridized carbons (Fsp3) is 0.318. The van der Waals surface area contributed by atoms with E-state index in [-0.39, 0.29) is 6.04 Å². The minimum Gasteiger partial charge on any atom is -0.320 e. The van der Waals surface area contributed by atoms with E-state index in [0.717, 1.165) is 47.3 Å². The van der Waals surface area contributed by atoms with Crippen molar-refractivity contribution in [2.45, 2.75) is 43.8 Å². The fourth-order valence-corrected chi connectivity index (χ4v) is 4.47. The van der Waals surface area contributed by atoms with Gasteiger partial charge in [-0.05, 0) is 54.3 Å². The van der Waals surface area contributed by atoms with Crippen molar-refractivity contribution in [3.8, 4) is 0 Å². The highest BCUT2D eigenvalue weighted by Crippen LogP contribution is 2.38. The lowest BCUT2D eigenvalue weighted by atomic mass is 9.72. The van der Waals surface area contributed by atoms with Crippen LogP contribution in [0.2, 0.25) is 10.0 Å². The molecule has 1 aromatic heterocycles. The summed E-state index contributed by atoms with van der Waals surface area (Å²) in [5.41, 5.74) is 9.89. The van der Waals surface area contributed by atoms with Gasteiger partial charge < -0.3 is 11.1 Å². The van der Waals surface area contributed by atoms with Gasteiger partial charge in [0.2, 0.25) is 0 Å². The van der Waals surface area contributed by atoms with E-state index in [0.29, 0.717) is 5.02 Å². The van der Waals surface area contributed by atoms with E-state index in [1.807, 2.05) is 36.5 Å². The number of fused-ring (bicyclic) bond motifs is 1. The van der Waals surface area contributed by atoms with E-state index < -0.39 is 5.54 Å². The summed E-state index contributed by atoms with van der Waals surface area (Å²) in [5.74, 6) is 0. The average Bonchev–Trinajstić information content (AvgIpc) is 2.68. The number of benzene rings is 2. The van der Waals surface area contributed by atoms with Gasteiger partial charge in [-0.2, -0.15) is 0 Å². The number of nitrogens with two attached hydrogens (primary N) is 1. The highest BCUT2D eigenvalue weighted by Gasteiger charge is 2.39. The summed E-state index contributed by atoms with van der Waals surface area (Å²) in [4.78, 5) is 4.48. The molecular formula is C22H23Cl2N3. The average molecular weight is 400 g/mol. The van der Waals surface area contributed by atoms with Gasteiger partial charge in [-0.3, -0.25) is 4.98 Å². The Morgan fingerprint density at radius 1 is 1.04 bits per heavy atom. The van der Waals surface area contributed by atoms with E-state index in [1.165, 1.54) is 12.0 Å². The first-order chi connectivity index (χ1) is 13.1. The lowest BCUT2D eigenvalue weighted by Gasteiger charge is -2.43. The molecular weight excluding hydrogens is 377 g/mol. The minimum atomic E-state index is -0.431. The predicted octanol–water partition coefficient (Wildman–Crippen LogP) is 5.43. The van der Waals surface area contributed by atoms with Crippen LogP contribution < -0.4 is 11.1 Å². The molecule has 140 valence electrons. The molecule has 3 N–H and O–H groups in total. The van der Waals surface area contributed by atoms with Gasteiger partial charge in [-0.15, -0.1) is 0 Å². The Kier molecular flexibility index (Phi) is 5.38. The minimum absolute atomic E-state index is 0.197. The molecule has 1 saturated carbocycles. The number of pyridine rings is 1. The van der Waals surface area contributed by atoms with Crippen LogP contribution in [0.4, 0.5) is 0 Å². The van der Waals surface area contributed by atoms with Gasteiger partial charge in [0.1, 0.15) is 0 Å². The molecule has 2 unspecified atom stereocenters. The van der Waals surface area contributed by atoms with Gasteiger partial charge in [0.25, 0.3) is 0 Å². The summed E-state index contributed by atoms with van der Waals surface area (Å²) in [7, 11) is 0. The van der Waals surface area contributed by atoms with Crippen LogP contribution in [0.5, 0.6) is 0 Å². The van der Waals surface area contributed by atoms with Crippen molar-refractivity contribution < 1.29 is 0 Å². The molecule has 4 rings (SSSR count). The smallest absolute Gasteiger partial charge is 0.0720 e. The van der Waals surface area contributed by atoms with E-state index in [4.69, 9.17) is 28.9 Å². The Labute approximate surface area is 169 Å². The largest absolute Gasteiger partial charge is 0.320 e. The maximum Gasteiger partial charge on any atom is 0.0720 e. The van der Waals surface area contributed by atoms with Crippen LogP contribution >= 0.6 is 23.2 Å². The molecule has 0 radical (unpaired) electrons. The van der Waals surface area contributed by atoms with Gasteiger partial charge in [-0.1, -0.05) is 54.2 Å². The highest BCUT2D eigenvalue weighted by atomic mass is 35.5. The molecule has 2 aromatic carbocycles. The van der Waals surface area contributed by atoms with Crippen molar-refractivity contribution in [2.24, 2.45) is 5.73 Å². The van der Waals surface area contributed by atoms with Crippen LogP contribution in [0.3, 0.4) is 0 Å². The number of rotatable bonds is 4. The normalized spacial score (nSPS) is 22.9. The van der Waals surface area contributed by atoms with Gasteiger partial charge in [-0.25, -0.2) is 0 Å². The summed E-state index contributed by atoms with van der Waals surface area (Å²) < 4.78 is 0. The Morgan fingerprint density at radius 3 is 2.63 bits per heavy atom. The third kappa shape index (κ3) is 3.83. The van der Waals surface area contributed by atoms with Gasteiger partial charge in [0.15, 0.2) is 0 Å². The first-order valence-electron chi connectivity index (χ1n) is 9.38. The summed E-state index contributed by atoms with van der Waals surface area (Å²) in [6.45, 7) is 0.773. The number of hydrogen-bond donors (Lipinski definition) is 2. The first-order valence-corrected chi connectivity index (χ1v) is 10.1.